The molecule has 0 radical (unpaired) electrons. The van der Waals surface area contributed by atoms with E-state index in [1.165, 1.54) is 21.7 Å². The van der Waals surface area contributed by atoms with Gasteiger partial charge in [-0.25, -0.2) is 4.68 Å². The van der Waals surface area contributed by atoms with Gasteiger partial charge in [-0.1, -0.05) is 30.3 Å². The summed E-state index contributed by atoms with van der Waals surface area (Å²) in [4.78, 5) is 11.9. The maximum atomic E-state index is 10.6. The molecule has 0 unspecified atom stereocenters. The highest BCUT2D eigenvalue weighted by molar-refractivity contribution is 5.83. The van der Waals surface area contributed by atoms with Gasteiger partial charge >= 0.3 is 0 Å². The van der Waals surface area contributed by atoms with Gasteiger partial charge in [-0.2, -0.15) is 5.10 Å². The van der Waals surface area contributed by atoms with Gasteiger partial charge in [0.1, 0.15) is 5.69 Å². The predicted molar refractivity (Wildman–Crippen MR) is 65.2 cm³/mol. The lowest BCUT2D eigenvalue weighted by Crippen LogP contribution is -2.23. The quantitative estimate of drug-likeness (QED) is 0.627. The van der Waals surface area contributed by atoms with Crippen molar-refractivity contribution in [2.45, 2.75) is 6.67 Å². The van der Waals surface area contributed by atoms with Crippen LogP contribution in [0.3, 0.4) is 0 Å². The first kappa shape index (κ1) is 12.0. The molecule has 0 aliphatic heterocycles. The Kier molecular flexibility index (Phi) is 2.96. The van der Waals surface area contributed by atoms with Gasteiger partial charge in [-0.3, -0.25) is 0 Å². The van der Waals surface area contributed by atoms with Gasteiger partial charge in [0.2, 0.25) is 5.82 Å². The number of carbonyl (C=O) groups is 1. The Bertz CT molecular complexity index is 733. The molecule has 2 heterocycles. The van der Waals surface area contributed by atoms with Crippen molar-refractivity contribution in [2.24, 2.45) is 0 Å². The van der Waals surface area contributed by atoms with Crippen LogP contribution in [0.5, 0.6) is 0 Å². The van der Waals surface area contributed by atoms with Gasteiger partial charge < -0.3 is 9.90 Å². The third-order valence-electron chi connectivity index (χ3n) is 2.61. The van der Waals surface area contributed by atoms with E-state index in [4.69, 9.17) is 0 Å². The molecule has 20 heavy (non-hydrogen) atoms. The summed E-state index contributed by atoms with van der Waals surface area (Å²) < 4.78 is 1.39. The first-order chi connectivity index (χ1) is 9.72. The number of aromatic carboxylic acids is 1. The fourth-order valence-corrected chi connectivity index (χ4v) is 1.68. The lowest BCUT2D eigenvalue weighted by molar-refractivity contribution is -0.255. The van der Waals surface area contributed by atoms with E-state index in [1.54, 1.807) is 0 Å². The Labute approximate surface area is 113 Å². The summed E-state index contributed by atoms with van der Waals surface area (Å²) in [7, 11) is 0. The van der Waals surface area contributed by atoms with Crippen molar-refractivity contribution in [3.05, 3.63) is 48.3 Å². The number of carboxylic acid groups (broad SMARTS) is 1. The highest BCUT2D eigenvalue weighted by Crippen LogP contribution is 2.11. The molecule has 8 heteroatoms. The van der Waals surface area contributed by atoms with Gasteiger partial charge in [0.15, 0.2) is 6.67 Å². The maximum absolute atomic E-state index is 10.6. The van der Waals surface area contributed by atoms with Crippen LogP contribution >= 0.6 is 0 Å². The SMILES string of the molecule is O=C([O-])c1ccn(Cn2nnc(-c3ccccc3)n2)n1. The molecule has 0 aliphatic rings. The summed E-state index contributed by atoms with van der Waals surface area (Å²) in [5.74, 6) is -0.821. The zero-order valence-corrected chi connectivity index (χ0v) is 10.2. The van der Waals surface area contributed by atoms with Gasteiger partial charge in [0.05, 0.1) is 5.97 Å². The second-order valence-corrected chi connectivity index (χ2v) is 4.02. The van der Waals surface area contributed by atoms with Crippen LogP contribution in [0.25, 0.3) is 11.4 Å². The Hall–Kier alpha value is -3.03. The third kappa shape index (κ3) is 2.39. The first-order valence-corrected chi connectivity index (χ1v) is 5.80. The molecule has 3 aromatic rings. The topological polar surface area (TPSA) is 102 Å². The van der Waals surface area contributed by atoms with Crippen molar-refractivity contribution in [1.29, 1.82) is 0 Å². The molecule has 3 rings (SSSR count). The van der Waals surface area contributed by atoms with Crippen LogP contribution in [0.4, 0.5) is 0 Å². The molecular weight excluding hydrogens is 260 g/mol. The second kappa shape index (κ2) is 4.92. The molecule has 0 atom stereocenters. The van der Waals surface area contributed by atoms with E-state index < -0.39 is 5.97 Å². The minimum Gasteiger partial charge on any atom is -0.543 e. The molecule has 1 aromatic carbocycles. The Morgan fingerprint density at radius 2 is 1.95 bits per heavy atom. The highest BCUT2D eigenvalue weighted by atomic mass is 16.4. The van der Waals surface area contributed by atoms with Crippen molar-refractivity contribution in [3.63, 3.8) is 0 Å². The molecule has 100 valence electrons. The van der Waals surface area contributed by atoms with Crippen LogP contribution in [0.1, 0.15) is 10.5 Å². The average Bonchev–Trinajstić information content (AvgIpc) is 3.10. The Balaban J connectivity index is 1.78. The number of aromatic nitrogens is 6. The summed E-state index contributed by atoms with van der Waals surface area (Å²) in [5, 5.41) is 26.5. The molecule has 8 nitrogen and oxygen atoms in total. The zero-order chi connectivity index (χ0) is 13.9. The van der Waals surface area contributed by atoms with Crippen LogP contribution in [-0.4, -0.2) is 36.0 Å². The monoisotopic (exact) mass is 269 g/mol. The van der Waals surface area contributed by atoms with E-state index >= 15 is 0 Å². The minimum absolute atomic E-state index is 0.131. The van der Waals surface area contributed by atoms with E-state index in [-0.39, 0.29) is 12.4 Å². The van der Waals surface area contributed by atoms with Crippen LogP contribution in [0.15, 0.2) is 42.6 Å². The molecule has 0 bridgehead atoms. The van der Waals surface area contributed by atoms with Crippen molar-refractivity contribution >= 4 is 5.97 Å². The smallest absolute Gasteiger partial charge is 0.204 e. The number of carboxylic acids is 1. The van der Waals surface area contributed by atoms with Crippen LogP contribution in [-0.2, 0) is 6.67 Å². The number of rotatable bonds is 4. The van der Waals surface area contributed by atoms with E-state index in [9.17, 15) is 9.90 Å². The molecule has 0 spiro atoms. The molecular formula is C12H9N6O2-. The van der Waals surface area contributed by atoms with E-state index in [2.05, 4.69) is 20.5 Å². The number of nitrogens with zero attached hydrogens (tertiary/aromatic N) is 6. The van der Waals surface area contributed by atoms with Crippen molar-refractivity contribution in [3.8, 4) is 11.4 Å². The number of benzene rings is 1. The van der Waals surface area contributed by atoms with Crippen LogP contribution in [0, 0.1) is 0 Å². The molecule has 0 fully saturated rings. The number of hydrogen-bond acceptors (Lipinski definition) is 6. The second-order valence-electron chi connectivity index (χ2n) is 4.02. The number of hydrogen-bond donors (Lipinski definition) is 0. The lowest BCUT2D eigenvalue weighted by atomic mass is 10.2. The number of tetrazole rings is 1. The molecule has 0 saturated heterocycles. The fourth-order valence-electron chi connectivity index (χ4n) is 1.68. The Morgan fingerprint density at radius 1 is 1.15 bits per heavy atom. The van der Waals surface area contributed by atoms with E-state index in [1.807, 2.05) is 30.3 Å². The third-order valence-corrected chi connectivity index (χ3v) is 2.61. The minimum atomic E-state index is -1.32. The average molecular weight is 269 g/mol. The molecule has 2 aromatic heterocycles. The van der Waals surface area contributed by atoms with Gasteiger partial charge in [0.25, 0.3) is 0 Å². The van der Waals surface area contributed by atoms with Crippen LogP contribution in [0.2, 0.25) is 0 Å². The normalized spacial score (nSPS) is 10.6. The van der Waals surface area contributed by atoms with Gasteiger partial charge in [-0.05, 0) is 11.3 Å². The largest absolute Gasteiger partial charge is 0.543 e. The summed E-state index contributed by atoms with van der Waals surface area (Å²) in [5.41, 5.74) is 0.725. The van der Waals surface area contributed by atoms with Gasteiger partial charge in [0, 0.05) is 11.8 Å². The lowest BCUT2D eigenvalue weighted by Gasteiger charge is -1.99. The standard InChI is InChI=1S/C12H10N6O2/c19-12(20)10-6-7-17(14-10)8-18-15-11(13-16-18)9-4-2-1-3-5-9/h1-7H,8H2,(H,19,20)/p-1. The molecule has 0 amide bonds. The first-order valence-electron chi connectivity index (χ1n) is 5.80. The molecule has 0 saturated carbocycles. The number of carbonyl (C=O) groups excluding carboxylic acids is 1. The van der Waals surface area contributed by atoms with Crippen molar-refractivity contribution < 1.29 is 9.90 Å². The Morgan fingerprint density at radius 3 is 2.65 bits per heavy atom. The molecule has 0 N–H and O–H groups in total. The predicted octanol–water partition coefficient (Wildman–Crippen LogP) is -0.594. The van der Waals surface area contributed by atoms with E-state index in [0.717, 1.165) is 5.56 Å². The molecule has 0 aliphatic carbocycles. The zero-order valence-electron chi connectivity index (χ0n) is 10.2. The summed E-state index contributed by atoms with van der Waals surface area (Å²) >= 11 is 0. The van der Waals surface area contributed by atoms with Crippen LogP contribution < -0.4 is 5.11 Å². The summed E-state index contributed by atoms with van der Waals surface area (Å²) in [6.45, 7) is 0.174. The summed E-state index contributed by atoms with van der Waals surface area (Å²) in [6.07, 6.45) is 1.51. The fraction of sp³-hybridized carbons (Fsp3) is 0.0833. The summed E-state index contributed by atoms with van der Waals surface area (Å²) in [6, 6.07) is 10.8. The van der Waals surface area contributed by atoms with Crippen molar-refractivity contribution in [1.82, 2.24) is 30.0 Å². The van der Waals surface area contributed by atoms with Crippen molar-refractivity contribution in [2.75, 3.05) is 0 Å². The highest BCUT2D eigenvalue weighted by Gasteiger charge is 2.06. The van der Waals surface area contributed by atoms with Gasteiger partial charge in [-0.15, -0.1) is 15.0 Å². The van der Waals surface area contributed by atoms with E-state index in [0.29, 0.717) is 5.82 Å². The maximum Gasteiger partial charge on any atom is 0.204 e.